The van der Waals surface area contributed by atoms with Crippen LogP contribution in [0.1, 0.15) is 36.0 Å². The minimum atomic E-state index is -0.270. The Morgan fingerprint density at radius 2 is 1.69 bits per heavy atom. The smallest absolute Gasteiger partial charge is 0.339 e. The van der Waals surface area contributed by atoms with Crippen molar-refractivity contribution in [1.82, 2.24) is 4.90 Å². The third-order valence-electron chi connectivity index (χ3n) is 6.51. The summed E-state index contributed by atoms with van der Waals surface area (Å²) in [6.07, 6.45) is 4.53. The van der Waals surface area contributed by atoms with E-state index in [4.69, 9.17) is 32.7 Å². The second kappa shape index (κ2) is 10.8. The highest BCUT2D eigenvalue weighted by molar-refractivity contribution is 6.42. The molecule has 0 saturated carbocycles. The molecule has 0 unspecified atom stereocenters. The summed E-state index contributed by atoms with van der Waals surface area (Å²) in [5.41, 5.74) is 1.63. The SMILES string of the molecule is COC(=O)c1ccccc1N1CCC(CN2CCC(Oc3ccc(Cl)c(Cl)c3)CC2)CC1. The lowest BCUT2D eigenvalue weighted by Crippen LogP contribution is -2.43. The van der Waals surface area contributed by atoms with Gasteiger partial charge in [-0.3, -0.25) is 0 Å². The summed E-state index contributed by atoms with van der Waals surface area (Å²) in [4.78, 5) is 17.0. The number of anilines is 1. The maximum atomic E-state index is 12.1. The van der Waals surface area contributed by atoms with Gasteiger partial charge in [-0.15, -0.1) is 0 Å². The molecule has 0 N–H and O–H groups in total. The Labute approximate surface area is 200 Å². The monoisotopic (exact) mass is 476 g/mol. The Morgan fingerprint density at radius 1 is 0.969 bits per heavy atom. The van der Waals surface area contributed by atoms with Gasteiger partial charge in [0.1, 0.15) is 11.9 Å². The van der Waals surface area contributed by atoms with Crippen LogP contribution in [0.4, 0.5) is 5.69 Å². The number of carbonyl (C=O) groups excluding carboxylic acids is 1. The van der Waals surface area contributed by atoms with Crippen LogP contribution in [0, 0.1) is 5.92 Å². The first-order chi connectivity index (χ1) is 15.5. The highest BCUT2D eigenvalue weighted by atomic mass is 35.5. The van der Waals surface area contributed by atoms with Gasteiger partial charge in [-0.25, -0.2) is 4.79 Å². The Morgan fingerprint density at radius 3 is 2.38 bits per heavy atom. The van der Waals surface area contributed by atoms with Crippen molar-refractivity contribution in [3.05, 3.63) is 58.1 Å². The number of para-hydroxylation sites is 1. The number of benzene rings is 2. The van der Waals surface area contributed by atoms with E-state index < -0.39 is 0 Å². The van der Waals surface area contributed by atoms with E-state index in [1.165, 1.54) is 7.11 Å². The third-order valence-corrected chi connectivity index (χ3v) is 7.25. The summed E-state index contributed by atoms with van der Waals surface area (Å²) in [7, 11) is 1.43. The van der Waals surface area contributed by atoms with Crippen molar-refractivity contribution in [1.29, 1.82) is 0 Å². The van der Waals surface area contributed by atoms with Crippen molar-refractivity contribution in [3.8, 4) is 5.75 Å². The molecule has 0 radical (unpaired) electrons. The molecule has 172 valence electrons. The van der Waals surface area contributed by atoms with E-state index in [2.05, 4.69) is 9.80 Å². The van der Waals surface area contributed by atoms with E-state index in [-0.39, 0.29) is 12.1 Å². The molecule has 0 aliphatic carbocycles. The van der Waals surface area contributed by atoms with Gasteiger partial charge in [0.25, 0.3) is 0 Å². The summed E-state index contributed by atoms with van der Waals surface area (Å²) in [6, 6.07) is 13.2. The van der Waals surface area contributed by atoms with Crippen molar-refractivity contribution in [2.75, 3.05) is 44.7 Å². The van der Waals surface area contributed by atoms with Gasteiger partial charge in [-0.05, 0) is 55.9 Å². The van der Waals surface area contributed by atoms with Gasteiger partial charge < -0.3 is 19.3 Å². The van der Waals surface area contributed by atoms with Crippen LogP contribution >= 0.6 is 23.2 Å². The Kier molecular flexibility index (Phi) is 7.82. The zero-order valence-corrected chi connectivity index (χ0v) is 19.9. The average Bonchev–Trinajstić information content (AvgIpc) is 2.83. The van der Waals surface area contributed by atoms with Crippen molar-refractivity contribution < 1.29 is 14.3 Å². The maximum absolute atomic E-state index is 12.1. The number of carbonyl (C=O) groups is 1. The minimum Gasteiger partial charge on any atom is -0.490 e. The number of esters is 1. The van der Waals surface area contributed by atoms with Crippen molar-refractivity contribution in [2.45, 2.75) is 31.8 Å². The van der Waals surface area contributed by atoms with Crippen LogP contribution in [0.3, 0.4) is 0 Å². The molecule has 0 atom stereocenters. The first kappa shape index (κ1) is 23.2. The van der Waals surface area contributed by atoms with Crippen LogP contribution in [0.25, 0.3) is 0 Å². The number of halogens is 2. The highest BCUT2D eigenvalue weighted by Crippen LogP contribution is 2.30. The summed E-state index contributed by atoms with van der Waals surface area (Å²) >= 11 is 12.1. The van der Waals surface area contributed by atoms with E-state index >= 15 is 0 Å². The normalized spacial score (nSPS) is 18.5. The quantitative estimate of drug-likeness (QED) is 0.511. The topological polar surface area (TPSA) is 42.0 Å². The molecule has 7 heteroatoms. The molecule has 0 aromatic heterocycles. The van der Waals surface area contributed by atoms with Gasteiger partial charge in [0.05, 0.1) is 28.4 Å². The molecule has 2 saturated heterocycles. The lowest BCUT2D eigenvalue weighted by atomic mass is 9.94. The fraction of sp³-hybridized carbons (Fsp3) is 0.480. The Bertz CT molecular complexity index is 923. The summed E-state index contributed by atoms with van der Waals surface area (Å²) in [5.74, 6) is 1.20. The molecule has 0 spiro atoms. The molecule has 2 aromatic rings. The van der Waals surface area contributed by atoms with E-state index in [0.29, 0.717) is 21.5 Å². The first-order valence-electron chi connectivity index (χ1n) is 11.3. The van der Waals surface area contributed by atoms with E-state index in [0.717, 1.165) is 69.8 Å². The molecule has 2 aliphatic rings. The number of hydrogen-bond donors (Lipinski definition) is 0. The van der Waals surface area contributed by atoms with E-state index in [1.54, 1.807) is 12.1 Å². The molecule has 4 rings (SSSR count). The zero-order valence-electron chi connectivity index (χ0n) is 18.4. The molecule has 5 nitrogen and oxygen atoms in total. The van der Waals surface area contributed by atoms with Gasteiger partial charge >= 0.3 is 5.97 Å². The second-order valence-electron chi connectivity index (χ2n) is 8.63. The summed E-state index contributed by atoms with van der Waals surface area (Å²) in [6.45, 7) is 5.17. The number of nitrogens with zero attached hydrogens (tertiary/aromatic N) is 2. The standard InChI is InChI=1S/C25H30Cl2N2O3/c1-31-25(30)21-4-2-3-5-24(21)29-14-8-18(9-15-29)17-28-12-10-19(11-13-28)32-20-6-7-22(26)23(27)16-20/h2-7,16,18-19H,8-15,17H2,1H3. The Hall–Kier alpha value is -1.95. The Balaban J connectivity index is 1.23. The number of hydrogen-bond acceptors (Lipinski definition) is 5. The third kappa shape index (κ3) is 5.69. The van der Waals surface area contributed by atoms with Gasteiger partial charge in [0.15, 0.2) is 0 Å². The van der Waals surface area contributed by atoms with Crippen LogP contribution in [0.5, 0.6) is 5.75 Å². The minimum absolute atomic E-state index is 0.222. The van der Waals surface area contributed by atoms with Crippen LogP contribution in [-0.2, 0) is 4.74 Å². The first-order valence-corrected chi connectivity index (χ1v) is 12.1. The lowest BCUT2D eigenvalue weighted by molar-refractivity contribution is 0.0601. The van der Waals surface area contributed by atoms with E-state index in [1.807, 2.05) is 30.3 Å². The predicted molar refractivity (Wildman–Crippen MR) is 129 cm³/mol. The van der Waals surface area contributed by atoms with Crippen LogP contribution < -0.4 is 9.64 Å². The van der Waals surface area contributed by atoms with Gasteiger partial charge in [-0.1, -0.05) is 35.3 Å². The molecule has 2 heterocycles. The lowest BCUT2D eigenvalue weighted by Gasteiger charge is -2.38. The fourth-order valence-electron chi connectivity index (χ4n) is 4.71. The van der Waals surface area contributed by atoms with Gasteiger partial charge in [0, 0.05) is 38.8 Å². The van der Waals surface area contributed by atoms with Crippen LogP contribution in [-0.4, -0.2) is 56.8 Å². The number of likely N-dealkylation sites (tertiary alicyclic amines) is 1. The number of rotatable bonds is 6. The molecular formula is C25H30Cl2N2O3. The average molecular weight is 477 g/mol. The summed E-state index contributed by atoms with van der Waals surface area (Å²) in [5, 5.41) is 1.08. The van der Waals surface area contributed by atoms with Crippen LogP contribution in [0.15, 0.2) is 42.5 Å². The summed E-state index contributed by atoms with van der Waals surface area (Å²) < 4.78 is 11.1. The molecule has 0 amide bonds. The molecule has 0 bridgehead atoms. The maximum Gasteiger partial charge on any atom is 0.339 e. The zero-order chi connectivity index (χ0) is 22.5. The second-order valence-corrected chi connectivity index (χ2v) is 9.45. The predicted octanol–water partition coefficient (Wildman–Crippen LogP) is 5.54. The number of piperidine rings is 2. The van der Waals surface area contributed by atoms with Crippen molar-refractivity contribution in [3.63, 3.8) is 0 Å². The van der Waals surface area contributed by atoms with Crippen molar-refractivity contribution in [2.24, 2.45) is 5.92 Å². The van der Waals surface area contributed by atoms with E-state index in [9.17, 15) is 4.79 Å². The number of methoxy groups -OCH3 is 1. The molecule has 2 aliphatic heterocycles. The molecule has 2 fully saturated rings. The number of ether oxygens (including phenoxy) is 2. The van der Waals surface area contributed by atoms with Gasteiger partial charge in [-0.2, -0.15) is 0 Å². The molecule has 32 heavy (non-hydrogen) atoms. The molecular weight excluding hydrogens is 447 g/mol. The fourth-order valence-corrected chi connectivity index (χ4v) is 4.99. The van der Waals surface area contributed by atoms with Gasteiger partial charge in [0.2, 0.25) is 0 Å². The van der Waals surface area contributed by atoms with Crippen LogP contribution in [0.2, 0.25) is 10.0 Å². The molecule has 2 aromatic carbocycles. The highest BCUT2D eigenvalue weighted by Gasteiger charge is 2.27. The van der Waals surface area contributed by atoms with Crippen molar-refractivity contribution >= 4 is 34.9 Å². The largest absolute Gasteiger partial charge is 0.490 e.